The van der Waals surface area contributed by atoms with Crippen LogP contribution in [-0.2, 0) is 9.84 Å². The van der Waals surface area contributed by atoms with Gasteiger partial charge in [0.1, 0.15) is 4.90 Å². The van der Waals surface area contributed by atoms with Crippen LogP contribution in [0, 0.1) is 0 Å². The second-order valence-electron chi connectivity index (χ2n) is 2.83. The molecular weight excluding hydrogens is 226 g/mol. The Morgan fingerprint density at radius 3 is 2.71 bits per heavy atom. The van der Waals surface area contributed by atoms with Crippen LogP contribution in [-0.4, -0.2) is 19.2 Å². The van der Waals surface area contributed by atoms with Gasteiger partial charge in [0.05, 0.1) is 10.8 Å². The molecule has 1 heterocycles. The van der Waals surface area contributed by atoms with Gasteiger partial charge in [0.15, 0.2) is 9.84 Å². The minimum Gasteiger partial charge on any atom is -0.326 e. The fourth-order valence-corrected chi connectivity index (χ4v) is 2.68. The normalized spacial score (nSPS) is 11.6. The minimum absolute atomic E-state index is 0.0452. The SMILES string of the molecule is CCCS(=O)(=O)c1cc(Cl)c[nH]c1=O. The lowest BCUT2D eigenvalue weighted by atomic mass is 10.5. The molecule has 0 aliphatic rings. The first-order valence-electron chi connectivity index (χ1n) is 4.08. The molecule has 6 heteroatoms. The molecule has 1 aromatic heterocycles. The molecule has 1 N–H and O–H groups in total. The van der Waals surface area contributed by atoms with Crippen LogP contribution in [0.4, 0.5) is 0 Å². The predicted molar refractivity (Wildman–Crippen MR) is 54.4 cm³/mol. The van der Waals surface area contributed by atoms with Crippen LogP contribution in [0.5, 0.6) is 0 Å². The first-order valence-corrected chi connectivity index (χ1v) is 6.11. The summed E-state index contributed by atoms with van der Waals surface area (Å²) in [6.07, 6.45) is 1.73. The number of aromatic nitrogens is 1. The van der Waals surface area contributed by atoms with Gasteiger partial charge >= 0.3 is 0 Å². The van der Waals surface area contributed by atoms with E-state index in [4.69, 9.17) is 11.6 Å². The highest BCUT2D eigenvalue weighted by Crippen LogP contribution is 2.11. The molecule has 4 nitrogen and oxygen atoms in total. The summed E-state index contributed by atoms with van der Waals surface area (Å²) in [6, 6.07) is 1.17. The number of hydrogen-bond acceptors (Lipinski definition) is 3. The summed E-state index contributed by atoms with van der Waals surface area (Å²) in [4.78, 5) is 13.2. The largest absolute Gasteiger partial charge is 0.326 e. The van der Waals surface area contributed by atoms with Crippen LogP contribution in [0.25, 0.3) is 0 Å². The summed E-state index contributed by atoms with van der Waals surface area (Å²) < 4.78 is 23.1. The summed E-state index contributed by atoms with van der Waals surface area (Å²) >= 11 is 5.59. The van der Waals surface area contributed by atoms with Crippen molar-refractivity contribution in [2.75, 3.05) is 5.75 Å². The van der Waals surface area contributed by atoms with Gasteiger partial charge < -0.3 is 4.98 Å². The van der Waals surface area contributed by atoms with Crippen molar-refractivity contribution in [2.24, 2.45) is 0 Å². The average Bonchev–Trinajstić information content (AvgIpc) is 2.09. The topological polar surface area (TPSA) is 67.0 Å². The van der Waals surface area contributed by atoms with Crippen LogP contribution in [0.2, 0.25) is 5.02 Å². The Morgan fingerprint density at radius 2 is 2.14 bits per heavy atom. The van der Waals surface area contributed by atoms with Crippen molar-refractivity contribution in [2.45, 2.75) is 18.2 Å². The van der Waals surface area contributed by atoms with E-state index in [0.29, 0.717) is 6.42 Å². The molecule has 0 unspecified atom stereocenters. The van der Waals surface area contributed by atoms with Crippen LogP contribution < -0.4 is 5.56 Å². The summed E-state index contributed by atoms with van der Waals surface area (Å²) in [7, 11) is -3.49. The van der Waals surface area contributed by atoms with Gasteiger partial charge in [0.25, 0.3) is 5.56 Å². The lowest BCUT2D eigenvalue weighted by Gasteiger charge is -2.01. The monoisotopic (exact) mass is 235 g/mol. The summed E-state index contributed by atoms with van der Waals surface area (Å²) in [5.74, 6) is -0.0452. The van der Waals surface area contributed by atoms with E-state index < -0.39 is 15.4 Å². The molecular formula is C8H10ClNO3S. The number of pyridine rings is 1. The molecule has 14 heavy (non-hydrogen) atoms. The molecule has 0 aliphatic heterocycles. The van der Waals surface area contributed by atoms with Gasteiger partial charge in [-0.3, -0.25) is 4.79 Å². The zero-order valence-corrected chi connectivity index (χ0v) is 9.15. The number of rotatable bonds is 3. The quantitative estimate of drug-likeness (QED) is 0.857. The zero-order valence-electron chi connectivity index (χ0n) is 7.58. The Kier molecular flexibility index (Phi) is 3.34. The molecule has 78 valence electrons. The summed E-state index contributed by atoms with van der Waals surface area (Å²) in [5.41, 5.74) is -0.622. The fourth-order valence-electron chi connectivity index (χ4n) is 1.05. The molecule has 0 saturated heterocycles. The van der Waals surface area contributed by atoms with Crippen LogP contribution in [0.3, 0.4) is 0 Å². The van der Waals surface area contributed by atoms with E-state index in [-0.39, 0.29) is 15.7 Å². The maximum atomic E-state index is 11.5. The van der Waals surface area contributed by atoms with Gasteiger partial charge in [-0.1, -0.05) is 18.5 Å². The molecule has 0 radical (unpaired) electrons. The highest BCUT2D eigenvalue weighted by Gasteiger charge is 2.17. The second kappa shape index (κ2) is 4.14. The van der Waals surface area contributed by atoms with Gasteiger partial charge in [-0.05, 0) is 12.5 Å². The van der Waals surface area contributed by atoms with E-state index in [2.05, 4.69) is 4.98 Å². The molecule has 0 amide bonds. The van der Waals surface area contributed by atoms with Crippen molar-refractivity contribution in [1.29, 1.82) is 0 Å². The van der Waals surface area contributed by atoms with Gasteiger partial charge in [0, 0.05) is 6.20 Å². The van der Waals surface area contributed by atoms with E-state index in [9.17, 15) is 13.2 Å². The Morgan fingerprint density at radius 1 is 1.50 bits per heavy atom. The number of nitrogens with one attached hydrogen (secondary N) is 1. The fraction of sp³-hybridized carbons (Fsp3) is 0.375. The third-order valence-electron chi connectivity index (χ3n) is 1.64. The number of hydrogen-bond donors (Lipinski definition) is 1. The molecule has 0 bridgehead atoms. The standard InChI is InChI=1S/C8H10ClNO3S/c1-2-3-14(12,13)7-4-6(9)5-10-8(7)11/h4-5H,2-3H2,1H3,(H,10,11). The Labute approximate surface area is 86.8 Å². The third kappa shape index (κ3) is 2.36. The molecule has 1 aromatic rings. The van der Waals surface area contributed by atoms with Gasteiger partial charge in [-0.25, -0.2) is 8.42 Å². The minimum atomic E-state index is -3.49. The highest BCUT2D eigenvalue weighted by molar-refractivity contribution is 7.91. The predicted octanol–water partition coefficient (Wildman–Crippen LogP) is 1.21. The average molecular weight is 236 g/mol. The van der Waals surface area contributed by atoms with Crippen molar-refractivity contribution in [1.82, 2.24) is 4.98 Å². The number of aromatic amines is 1. The van der Waals surface area contributed by atoms with E-state index in [1.807, 2.05) is 0 Å². The Balaban J connectivity index is 3.32. The summed E-state index contributed by atoms with van der Waals surface area (Å²) in [5, 5.41) is 0.208. The second-order valence-corrected chi connectivity index (χ2v) is 5.34. The molecule has 0 fully saturated rings. The van der Waals surface area contributed by atoms with Gasteiger partial charge in [0.2, 0.25) is 0 Å². The molecule has 0 atom stereocenters. The van der Waals surface area contributed by atoms with Crippen LogP contribution in [0.1, 0.15) is 13.3 Å². The molecule has 0 aliphatic carbocycles. The van der Waals surface area contributed by atoms with Crippen molar-refractivity contribution in [3.8, 4) is 0 Å². The first-order chi connectivity index (χ1) is 6.47. The van der Waals surface area contributed by atoms with Crippen molar-refractivity contribution >= 4 is 21.4 Å². The summed E-state index contributed by atoms with van der Waals surface area (Å²) in [6.45, 7) is 1.73. The number of sulfone groups is 1. The lowest BCUT2D eigenvalue weighted by molar-refractivity contribution is 0.593. The van der Waals surface area contributed by atoms with Gasteiger partial charge in [-0.15, -0.1) is 0 Å². The maximum Gasteiger partial charge on any atom is 0.266 e. The first kappa shape index (κ1) is 11.3. The van der Waals surface area contributed by atoms with Crippen LogP contribution in [0.15, 0.2) is 22.0 Å². The van der Waals surface area contributed by atoms with Crippen molar-refractivity contribution in [3.63, 3.8) is 0 Å². The lowest BCUT2D eigenvalue weighted by Crippen LogP contribution is -2.19. The third-order valence-corrected chi connectivity index (χ3v) is 3.78. The van der Waals surface area contributed by atoms with E-state index in [1.54, 1.807) is 6.92 Å². The number of halogens is 1. The number of H-pyrrole nitrogens is 1. The van der Waals surface area contributed by atoms with Crippen molar-refractivity contribution < 1.29 is 8.42 Å². The molecule has 0 spiro atoms. The Hall–Kier alpha value is -0.810. The van der Waals surface area contributed by atoms with E-state index >= 15 is 0 Å². The van der Waals surface area contributed by atoms with E-state index in [0.717, 1.165) is 0 Å². The molecule has 1 rings (SSSR count). The van der Waals surface area contributed by atoms with Crippen LogP contribution >= 0.6 is 11.6 Å². The Bertz CT molecular complexity index is 478. The highest BCUT2D eigenvalue weighted by atomic mass is 35.5. The maximum absolute atomic E-state index is 11.5. The molecule has 0 aromatic carbocycles. The van der Waals surface area contributed by atoms with E-state index in [1.165, 1.54) is 12.3 Å². The van der Waals surface area contributed by atoms with Gasteiger partial charge in [-0.2, -0.15) is 0 Å². The smallest absolute Gasteiger partial charge is 0.266 e. The zero-order chi connectivity index (χ0) is 10.8. The van der Waals surface area contributed by atoms with Crippen molar-refractivity contribution in [3.05, 3.63) is 27.6 Å². The molecule has 0 saturated carbocycles.